The summed E-state index contributed by atoms with van der Waals surface area (Å²) in [5.41, 5.74) is 1.39. The third-order valence-corrected chi connectivity index (χ3v) is 5.34. The average molecular weight is 429 g/mol. The predicted molar refractivity (Wildman–Crippen MR) is 112 cm³/mol. The molecule has 0 unspecified atom stereocenters. The van der Waals surface area contributed by atoms with Gasteiger partial charge < -0.3 is 5.32 Å². The second kappa shape index (κ2) is 7.73. The number of thiazole rings is 1. The van der Waals surface area contributed by atoms with Gasteiger partial charge in [0.25, 0.3) is 5.56 Å². The molecule has 2 aromatic heterocycles. The Labute approximate surface area is 173 Å². The van der Waals surface area contributed by atoms with Crippen molar-refractivity contribution in [1.82, 2.24) is 14.8 Å². The van der Waals surface area contributed by atoms with Crippen LogP contribution >= 0.6 is 22.9 Å². The van der Waals surface area contributed by atoms with Gasteiger partial charge in [-0.25, -0.2) is 14.1 Å². The van der Waals surface area contributed by atoms with Gasteiger partial charge in [-0.1, -0.05) is 17.7 Å². The van der Waals surface area contributed by atoms with Gasteiger partial charge in [0.05, 0.1) is 9.71 Å². The van der Waals surface area contributed by atoms with Crippen molar-refractivity contribution in [3.63, 3.8) is 0 Å². The third-order valence-electron chi connectivity index (χ3n) is 4.13. The zero-order valence-corrected chi connectivity index (χ0v) is 16.7. The summed E-state index contributed by atoms with van der Waals surface area (Å²) in [6.07, 6.45) is 0. The number of aromatic nitrogens is 3. The van der Waals surface area contributed by atoms with Crippen molar-refractivity contribution in [1.29, 1.82) is 0 Å². The maximum Gasteiger partial charge on any atom is 0.294 e. The average Bonchev–Trinajstić information content (AvgIpc) is 3.07. The maximum atomic E-state index is 13.3. The lowest BCUT2D eigenvalue weighted by molar-refractivity contribution is -0.117. The number of rotatable bonds is 4. The van der Waals surface area contributed by atoms with Crippen molar-refractivity contribution >= 4 is 44.7 Å². The summed E-state index contributed by atoms with van der Waals surface area (Å²) >= 11 is 7.26. The quantitative estimate of drug-likeness (QED) is 0.527. The molecule has 0 saturated heterocycles. The zero-order chi connectivity index (χ0) is 20.5. The van der Waals surface area contributed by atoms with Crippen molar-refractivity contribution in [2.45, 2.75) is 13.5 Å². The number of aryl methyl sites for hydroxylation is 1. The summed E-state index contributed by atoms with van der Waals surface area (Å²) in [4.78, 5) is 29.6. The molecule has 4 aromatic rings. The SMILES string of the molecule is Cc1nc2c(=O)n(CC(=O)Nc3cccc(Cl)c3)nc(-c3ccc(F)cc3)c2s1. The Balaban J connectivity index is 1.74. The van der Waals surface area contributed by atoms with Crippen LogP contribution in [0.4, 0.5) is 10.1 Å². The Kier molecular flexibility index (Phi) is 5.12. The topological polar surface area (TPSA) is 76.9 Å². The van der Waals surface area contributed by atoms with E-state index in [4.69, 9.17) is 11.6 Å². The number of benzene rings is 2. The standard InChI is InChI=1S/C20H14ClFN4O2S/c1-11-23-18-19(29-11)17(12-5-7-14(22)8-6-12)25-26(20(18)28)10-16(27)24-15-4-2-3-13(21)9-15/h2-9H,10H2,1H3,(H,24,27). The van der Waals surface area contributed by atoms with Crippen molar-refractivity contribution in [2.75, 3.05) is 5.32 Å². The van der Waals surface area contributed by atoms with Gasteiger partial charge in [0, 0.05) is 16.3 Å². The Bertz CT molecular complexity index is 1280. The number of fused-ring (bicyclic) bond motifs is 1. The molecule has 0 fully saturated rings. The minimum absolute atomic E-state index is 0.234. The molecule has 0 atom stereocenters. The lowest BCUT2D eigenvalue weighted by Gasteiger charge is -2.09. The monoisotopic (exact) mass is 428 g/mol. The summed E-state index contributed by atoms with van der Waals surface area (Å²) in [5.74, 6) is -0.807. The van der Waals surface area contributed by atoms with Gasteiger partial charge >= 0.3 is 0 Å². The molecule has 0 radical (unpaired) electrons. The van der Waals surface area contributed by atoms with Crippen LogP contribution in [0.5, 0.6) is 0 Å². The Hall–Kier alpha value is -3.10. The van der Waals surface area contributed by atoms with Gasteiger partial charge in [0.2, 0.25) is 5.91 Å². The molecule has 0 aliphatic heterocycles. The summed E-state index contributed by atoms with van der Waals surface area (Å²) in [5, 5.41) is 8.25. The number of amides is 1. The molecule has 0 bridgehead atoms. The van der Waals surface area contributed by atoms with E-state index in [0.717, 1.165) is 4.68 Å². The van der Waals surface area contributed by atoms with E-state index < -0.39 is 11.5 Å². The van der Waals surface area contributed by atoms with Crippen LogP contribution in [0.2, 0.25) is 5.02 Å². The van der Waals surface area contributed by atoms with Gasteiger partial charge in [-0.15, -0.1) is 11.3 Å². The number of carbonyl (C=O) groups is 1. The zero-order valence-electron chi connectivity index (χ0n) is 15.1. The first kappa shape index (κ1) is 19.2. The molecule has 1 N–H and O–H groups in total. The first-order chi connectivity index (χ1) is 13.9. The van der Waals surface area contributed by atoms with E-state index in [9.17, 15) is 14.0 Å². The molecule has 146 valence electrons. The highest BCUT2D eigenvalue weighted by atomic mass is 35.5. The van der Waals surface area contributed by atoms with E-state index >= 15 is 0 Å². The molecular formula is C20H14ClFN4O2S. The fourth-order valence-corrected chi connectivity index (χ4v) is 3.98. The van der Waals surface area contributed by atoms with Gasteiger partial charge in [-0.05, 0) is 49.4 Å². The molecular weight excluding hydrogens is 415 g/mol. The molecule has 0 aliphatic carbocycles. The van der Waals surface area contributed by atoms with Crippen molar-refractivity contribution in [2.24, 2.45) is 0 Å². The first-order valence-electron chi connectivity index (χ1n) is 8.60. The van der Waals surface area contributed by atoms with E-state index in [1.807, 2.05) is 0 Å². The van der Waals surface area contributed by atoms with Gasteiger partial charge in [-0.2, -0.15) is 5.10 Å². The molecule has 0 spiro atoms. The summed E-state index contributed by atoms with van der Waals surface area (Å²) in [6, 6.07) is 12.5. The van der Waals surface area contributed by atoms with E-state index in [1.165, 1.54) is 23.5 Å². The van der Waals surface area contributed by atoms with Crippen LogP contribution in [0.15, 0.2) is 53.3 Å². The molecule has 2 aromatic carbocycles. The van der Waals surface area contributed by atoms with E-state index in [-0.39, 0.29) is 17.9 Å². The lowest BCUT2D eigenvalue weighted by Crippen LogP contribution is -2.30. The Morgan fingerprint density at radius 3 is 2.72 bits per heavy atom. The Morgan fingerprint density at radius 2 is 2.00 bits per heavy atom. The molecule has 9 heteroatoms. The molecule has 4 rings (SSSR count). The van der Waals surface area contributed by atoms with Crippen LogP contribution in [-0.2, 0) is 11.3 Å². The number of nitrogens with zero attached hydrogens (tertiary/aromatic N) is 3. The molecule has 0 saturated carbocycles. The lowest BCUT2D eigenvalue weighted by atomic mass is 10.1. The van der Waals surface area contributed by atoms with Crippen LogP contribution in [0, 0.1) is 12.7 Å². The second-order valence-corrected chi connectivity index (χ2v) is 7.93. The van der Waals surface area contributed by atoms with Crippen LogP contribution in [0.25, 0.3) is 21.5 Å². The highest BCUT2D eigenvalue weighted by Crippen LogP contribution is 2.29. The number of hydrogen-bond acceptors (Lipinski definition) is 5. The number of carbonyl (C=O) groups excluding carboxylic acids is 1. The van der Waals surface area contributed by atoms with E-state index in [2.05, 4.69) is 15.4 Å². The number of nitrogens with one attached hydrogen (secondary N) is 1. The first-order valence-corrected chi connectivity index (χ1v) is 9.80. The smallest absolute Gasteiger partial charge is 0.294 e. The highest BCUT2D eigenvalue weighted by Gasteiger charge is 2.18. The number of hydrogen-bond donors (Lipinski definition) is 1. The predicted octanol–water partition coefficient (Wildman–Crippen LogP) is 4.26. The van der Waals surface area contributed by atoms with E-state index in [0.29, 0.717) is 31.7 Å². The molecule has 29 heavy (non-hydrogen) atoms. The van der Waals surface area contributed by atoms with Crippen LogP contribution < -0.4 is 10.9 Å². The summed E-state index contributed by atoms with van der Waals surface area (Å²) in [7, 11) is 0. The summed E-state index contributed by atoms with van der Waals surface area (Å²) < 4.78 is 15.0. The minimum atomic E-state index is -0.462. The van der Waals surface area contributed by atoms with Crippen molar-refractivity contribution in [3.8, 4) is 11.3 Å². The fourth-order valence-electron chi connectivity index (χ4n) is 2.87. The van der Waals surface area contributed by atoms with Gasteiger partial charge in [-0.3, -0.25) is 9.59 Å². The fraction of sp³-hybridized carbons (Fsp3) is 0.100. The van der Waals surface area contributed by atoms with E-state index in [1.54, 1.807) is 43.3 Å². The highest BCUT2D eigenvalue weighted by molar-refractivity contribution is 7.19. The third kappa shape index (κ3) is 4.03. The van der Waals surface area contributed by atoms with Crippen LogP contribution in [-0.4, -0.2) is 20.7 Å². The second-order valence-electron chi connectivity index (χ2n) is 6.29. The van der Waals surface area contributed by atoms with Gasteiger partial charge in [0.15, 0.2) is 5.52 Å². The molecule has 2 heterocycles. The van der Waals surface area contributed by atoms with Gasteiger partial charge in [0.1, 0.15) is 18.1 Å². The normalized spacial score (nSPS) is 11.0. The van der Waals surface area contributed by atoms with Crippen LogP contribution in [0.1, 0.15) is 5.01 Å². The van der Waals surface area contributed by atoms with Crippen LogP contribution in [0.3, 0.4) is 0 Å². The molecule has 0 aliphatic rings. The van der Waals surface area contributed by atoms with Crippen molar-refractivity contribution in [3.05, 3.63) is 74.7 Å². The largest absolute Gasteiger partial charge is 0.324 e. The molecule has 6 nitrogen and oxygen atoms in total. The number of halogens is 2. The number of anilines is 1. The summed E-state index contributed by atoms with van der Waals surface area (Å²) in [6.45, 7) is 1.49. The minimum Gasteiger partial charge on any atom is -0.324 e. The molecule has 1 amide bonds. The Morgan fingerprint density at radius 1 is 1.24 bits per heavy atom. The van der Waals surface area contributed by atoms with Crippen molar-refractivity contribution < 1.29 is 9.18 Å². The maximum absolute atomic E-state index is 13.3.